The van der Waals surface area contributed by atoms with Crippen LogP contribution < -0.4 is 14.8 Å². The smallest absolute Gasteiger partial charge is 0.296 e. The maximum atomic E-state index is 14.7. The summed E-state index contributed by atoms with van der Waals surface area (Å²) < 4.78 is 55.9. The fourth-order valence-electron chi connectivity index (χ4n) is 4.25. The lowest BCUT2D eigenvalue weighted by Crippen LogP contribution is -2.44. The summed E-state index contributed by atoms with van der Waals surface area (Å²) in [5.74, 6) is -1.41. The van der Waals surface area contributed by atoms with E-state index in [2.05, 4.69) is 48.0 Å². The second-order valence-electron chi connectivity index (χ2n) is 8.67. The second-order valence-corrected chi connectivity index (χ2v) is 10.8. The molecule has 2 saturated heterocycles. The number of nitrogens with zero attached hydrogens (tertiary/aromatic N) is 3. The highest BCUT2D eigenvalue weighted by atomic mass is 127. The van der Waals surface area contributed by atoms with E-state index in [1.165, 1.54) is 6.26 Å². The fraction of sp³-hybridized carbons (Fsp3) is 0.348. The highest BCUT2D eigenvalue weighted by Crippen LogP contribution is 2.44. The maximum Gasteiger partial charge on any atom is 0.296 e. The van der Waals surface area contributed by atoms with E-state index >= 15 is 0 Å². The van der Waals surface area contributed by atoms with Crippen LogP contribution in [0.4, 0.5) is 14.6 Å². The molecule has 5 heterocycles. The van der Waals surface area contributed by atoms with Crippen molar-refractivity contribution in [2.45, 2.75) is 35.1 Å². The highest BCUT2D eigenvalue weighted by Gasteiger charge is 2.60. The fourth-order valence-corrected chi connectivity index (χ4v) is 5.55. The number of rotatable bonds is 8. The molecular formula is C23H19ClF2IN5O6. The topological polar surface area (TPSA) is 137 Å². The molecule has 15 heteroatoms. The van der Waals surface area contributed by atoms with E-state index in [0.717, 1.165) is 12.1 Å². The van der Waals surface area contributed by atoms with Gasteiger partial charge in [0.2, 0.25) is 0 Å². The molecule has 0 unspecified atom stereocenters. The zero-order valence-electron chi connectivity index (χ0n) is 19.3. The molecule has 0 aliphatic carbocycles. The summed E-state index contributed by atoms with van der Waals surface area (Å²) in [6.45, 7) is 0.137. The first-order valence-electron chi connectivity index (χ1n) is 11.4. The standard InChI is InChI=1S/C23H19ClF2IN5O6/c24-13-5-16-21(31-22(29-16)38-18-9-35-19-17(33)8-36-23(18,19)27)30-20(13)28-6-12-14(25)3-11(4-15(12)26)34-7-10-1-2-37-32-10/h1-5,17-19,33H,6-9H2,(H2,28,29,30,31)/t17-,18-,19-,23-/m1/s1. The van der Waals surface area contributed by atoms with Crippen LogP contribution in [0.2, 0.25) is 5.02 Å². The van der Waals surface area contributed by atoms with Gasteiger partial charge in [0, 0.05) is 30.3 Å². The van der Waals surface area contributed by atoms with Gasteiger partial charge in [0.25, 0.3) is 6.01 Å². The van der Waals surface area contributed by atoms with Crippen LogP contribution in [-0.2, 0) is 22.6 Å². The van der Waals surface area contributed by atoms with Gasteiger partial charge in [0.05, 0.1) is 23.8 Å². The van der Waals surface area contributed by atoms with Gasteiger partial charge in [-0.3, -0.25) is 0 Å². The number of fused-ring (bicyclic) bond motifs is 2. The number of anilines is 1. The molecule has 0 amide bonds. The van der Waals surface area contributed by atoms with Crippen molar-refractivity contribution >= 4 is 51.2 Å². The maximum absolute atomic E-state index is 14.7. The molecule has 3 aromatic heterocycles. The minimum Gasteiger partial charge on any atom is -0.487 e. The van der Waals surface area contributed by atoms with Crippen molar-refractivity contribution in [2.24, 2.45) is 0 Å². The zero-order chi connectivity index (χ0) is 26.4. The van der Waals surface area contributed by atoms with Gasteiger partial charge in [-0.05, 0) is 28.7 Å². The number of aliphatic hydroxyl groups excluding tert-OH is 1. The predicted molar refractivity (Wildman–Crippen MR) is 136 cm³/mol. The first-order valence-corrected chi connectivity index (χ1v) is 12.8. The average molecular weight is 662 g/mol. The number of alkyl halides is 1. The molecular weight excluding hydrogens is 643 g/mol. The number of pyridine rings is 1. The molecule has 4 aromatic rings. The van der Waals surface area contributed by atoms with E-state index < -0.39 is 33.6 Å². The number of aromatic nitrogens is 4. The van der Waals surface area contributed by atoms with Crippen LogP contribution in [0.25, 0.3) is 11.2 Å². The minimum absolute atomic E-state index is 0.00401. The van der Waals surface area contributed by atoms with E-state index in [9.17, 15) is 13.9 Å². The quantitative estimate of drug-likeness (QED) is 0.189. The molecule has 2 fully saturated rings. The third-order valence-corrected chi connectivity index (χ3v) is 8.07. The molecule has 0 bridgehead atoms. The van der Waals surface area contributed by atoms with Gasteiger partial charge in [0.15, 0.2) is 15.4 Å². The van der Waals surface area contributed by atoms with Crippen LogP contribution in [0.5, 0.6) is 11.8 Å². The molecule has 1 aromatic carbocycles. The molecule has 2 aliphatic rings. The van der Waals surface area contributed by atoms with Crippen LogP contribution in [0, 0.1) is 11.6 Å². The second kappa shape index (κ2) is 10.1. The molecule has 2 aliphatic heterocycles. The number of aromatic amines is 1. The first kappa shape index (κ1) is 25.5. The molecule has 3 N–H and O–H groups in total. The summed E-state index contributed by atoms with van der Waals surface area (Å²) in [5.41, 5.74) is 1.03. The molecule has 6 rings (SSSR count). The van der Waals surface area contributed by atoms with E-state index in [1.54, 1.807) is 12.1 Å². The SMILES string of the molecule is O[C@@H]1CO[C@@]2(I)[C@@H]1OC[C@H]2Oc1nc2nc(NCc3c(F)cc(OCc4ccon4)cc3F)c(Cl)cc2[nH]1. The Morgan fingerprint density at radius 3 is 2.82 bits per heavy atom. The van der Waals surface area contributed by atoms with Gasteiger partial charge >= 0.3 is 0 Å². The van der Waals surface area contributed by atoms with Crippen molar-refractivity contribution < 1.29 is 37.4 Å². The number of imidazole rings is 1. The van der Waals surface area contributed by atoms with Gasteiger partial charge in [-0.1, -0.05) is 16.8 Å². The van der Waals surface area contributed by atoms with Crippen molar-refractivity contribution in [1.29, 1.82) is 0 Å². The molecule has 200 valence electrons. The Morgan fingerprint density at radius 2 is 2.05 bits per heavy atom. The zero-order valence-corrected chi connectivity index (χ0v) is 22.2. The first-order chi connectivity index (χ1) is 18.3. The monoisotopic (exact) mass is 661 g/mol. The molecule has 4 atom stereocenters. The number of H-pyrrole nitrogens is 1. The van der Waals surface area contributed by atoms with Crippen LogP contribution in [0.15, 0.2) is 35.1 Å². The van der Waals surface area contributed by atoms with Gasteiger partial charge in [0.1, 0.15) is 54.0 Å². The Bertz CT molecular complexity index is 1450. The molecule has 11 nitrogen and oxygen atoms in total. The number of benzene rings is 1. The normalized spacial score (nSPS) is 24.6. The largest absolute Gasteiger partial charge is 0.487 e. The lowest BCUT2D eigenvalue weighted by molar-refractivity contribution is 0.00481. The van der Waals surface area contributed by atoms with E-state index in [1.807, 2.05) is 0 Å². The highest BCUT2D eigenvalue weighted by molar-refractivity contribution is 14.1. The van der Waals surface area contributed by atoms with E-state index in [4.69, 9.17) is 35.1 Å². The molecule has 0 saturated carbocycles. The third kappa shape index (κ3) is 4.75. The van der Waals surface area contributed by atoms with E-state index in [-0.39, 0.29) is 60.2 Å². The summed E-state index contributed by atoms with van der Waals surface area (Å²) in [6, 6.07) is 5.48. The Hall–Kier alpha value is -2.79. The van der Waals surface area contributed by atoms with Crippen molar-refractivity contribution in [2.75, 3.05) is 18.5 Å². The average Bonchev–Trinajstić information content (AvgIpc) is 3.65. The molecule has 0 radical (unpaired) electrons. The van der Waals surface area contributed by atoms with Crippen LogP contribution in [0.1, 0.15) is 11.3 Å². The van der Waals surface area contributed by atoms with Crippen molar-refractivity contribution in [3.63, 3.8) is 0 Å². The summed E-state index contributed by atoms with van der Waals surface area (Å²) in [7, 11) is 0. The van der Waals surface area contributed by atoms with Crippen LogP contribution in [0.3, 0.4) is 0 Å². The van der Waals surface area contributed by atoms with Crippen LogP contribution >= 0.6 is 34.2 Å². The Morgan fingerprint density at radius 1 is 1.24 bits per heavy atom. The Kier molecular flexibility index (Phi) is 6.75. The summed E-state index contributed by atoms with van der Waals surface area (Å²) >= 11 is 8.44. The van der Waals surface area contributed by atoms with Gasteiger partial charge in [-0.15, -0.1) is 0 Å². The third-order valence-electron chi connectivity index (χ3n) is 6.16. The number of halogens is 4. The molecule has 38 heavy (non-hydrogen) atoms. The van der Waals surface area contributed by atoms with E-state index in [0.29, 0.717) is 11.2 Å². The Labute approximate surface area is 231 Å². The van der Waals surface area contributed by atoms with Crippen LogP contribution in [-0.4, -0.2) is 60.3 Å². The minimum atomic E-state index is -0.848. The summed E-state index contributed by atoms with van der Waals surface area (Å²) in [4.78, 5) is 11.7. The number of hydrogen-bond donors (Lipinski definition) is 3. The summed E-state index contributed by atoms with van der Waals surface area (Å²) in [5, 5.41) is 16.8. The number of nitrogens with one attached hydrogen (secondary N) is 2. The van der Waals surface area contributed by atoms with Crippen molar-refractivity contribution in [3.05, 3.63) is 58.4 Å². The molecule has 0 spiro atoms. The summed E-state index contributed by atoms with van der Waals surface area (Å²) in [6.07, 6.45) is -0.385. The lowest BCUT2D eigenvalue weighted by Gasteiger charge is -2.25. The number of ether oxygens (including phenoxy) is 4. The lowest BCUT2D eigenvalue weighted by atomic mass is 10.1. The predicted octanol–water partition coefficient (Wildman–Crippen LogP) is 3.74. The van der Waals surface area contributed by atoms with Crippen molar-refractivity contribution in [1.82, 2.24) is 20.1 Å². The number of hydrogen-bond acceptors (Lipinski definition) is 10. The van der Waals surface area contributed by atoms with Gasteiger partial charge < -0.3 is 38.9 Å². The Balaban J connectivity index is 1.14. The number of aliphatic hydroxyl groups is 1. The van der Waals surface area contributed by atoms with Crippen molar-refractivity contribution in [3.8, 4) is 11.8 Å². The van der Waals surface area contributed by atoms with Gasteiger partial charge in [-0.25, -0.2) is 13.8 Å². The van der Waals surface area contributed by atoms with Gasteiger partial charge in [-0.2, -0.15) is 4.98 Å².